The largest absolute Gasteiger partial charge is 0.397 e. The van der Waals surface area contributed by atoms with Gasteiger partial charge in [0.1, 0.15) is 6.10 Å². The van der Waals surface area contributed by atoms with Gasteiger partial charge < -0.3 is 20.3 Å². The topological polar surface area (TPSA) is 177 Å². The van der Waals surface area contributed by atoms with Gasteiger partial charge >= 0.3 is 16.1 Å². The molecule has 0 unspecified atom stereocenters. The maximum absolute atomic E-state index is 11.5. The van der Waals surface area contributed by atoms with Gasteiger partial charge in [0, 0.05) is 18.0 Å². The van der Waals surface area contributed by atoms with Gasteiger partial charge in [-0.05, 0) is 12.8 Å². The smallest absolute Gasteiger partial charge is 0.385 e. The molecule has 154 valence electrons. The highest BCUT2D eigenvalue weighted by atomic mass is 32.3. The molecule has 0 amide bonds. The van der Waals surface area contributed by atoms with Crippen LogP contribution in [0.5, 0.6) is 0 Å². The first-order valence-electron chi connectivity index (χ1n) is 8.89. The monoisotopic (exact) mass is 415 g/mol. The van der Waals surface area contributed by atoms with Crippen molar-refractivity contribution in [3.8, 4) is 0 Å². The Hall–Kier alpha value is -2.22. The molecule has 0 spiro atoms. The second kappa shape index (κ2) is 6.69. The number of guanidine groups is 1. The average molecular weight is 415 g/mol. The molecule has 6 atom stereocenters. The summed E-state index contributed by atoms with van der Waals surface area (Å²) in [4.78, 5) is 34.0. The molecule has 0 saturated carbocycles. The third kappa shape index (κ3) is 3.45. The molecule has 2 saturated heterocycles. The fourth-order valence-corrected chi connectivity index (χ4v) is 4.98. The van der Waals surface area contributed by atoms with E-state index in [9.17, 15) is 23.1 Å². The van der Waals surface area contributed by atoms with Crippen LogP contribution in [0.3, 0.4) is 0 Å². The summed E-state index contributed by atoms with van der Waals surface area (Å²) in [6.07, 6.45) is -1.19. The third-order valence-electron chi connectivity index (χ3n) is 5.69. The van der Waals surface area contributed by atoms with Crippen molar-refractivity contribution >= 4 is 16.4 Å². The SMILES string of the molecule is C[C@H]1[C@@H](OS(=O)(=O)O)C[C@@H]2C[C@H]([C@@H](O)c3cc(=O)[nH]c(=O)[nH]3)NC3=NC[C@H]1N32. The molecule has 1 aromatic heterocycles. The van der Waals surface area contributed by atoms with Crippen molar-refractivity contribution < 1.29 is 22.3 Å². The van der Waals surface area contributed by atoms with E-state index in [0.29, 0.717) is 25.3 Å². The van der Waals surface area contributed by atoms with Crippen molar-refractivity contribution in [2.24, 2.45) is 10.9 Å². The number of nitrogens with zero attached hydrogens (tertiary/aromatic N) is 2. The summed E-state index contributed by atoms with van der Waals surface area (Å²) in [7, 11) is -4.59. The lowest BCUT2D eigenvalue weighted by Crippen LogP contribution is -2.65. The van der Waals surface area contributed by atoms with Crippen LogP contribution in [0.4, 0.5) is 0 Å². The van der Waals surface area contributed by atoms with Gasteiger partial charge in [-0.25, -0.2) is 8.98 Å². The number of rotatable bonds is 4. The van der Waals surface area contributed by atoms with E-state index < -0.39 is 39.9 Å². The Morgan fingerprint density at radius 3 is 2.75 bits per heavy atom. The van der Waals surface area contributed by atoms with E-state index in [1.807, 2.05) is 11.9 Å². The number of nitrogens with one attached hydrogen (secondary N) is 3. The lowest BCUT2D eigenvalue weighted by atomic mass is 9.81. The van der Waals surface area contributed by atoms with Gasteiger partial charge in [0.25, 0.3) is 5.56 Å². The maximum atomic E-state index is 11.5. The van der Waals surface area contributed by atoms with E-state index in [-0.39, 0.29) is 23.7 Å². The molecular weight excluding hydrogens is 394 g/mol. The molecule has 0 bridgehead atoms. The van der Waals surface area contributed by atoms with Crippen LogP contribution in [0.25, 0.3) is 0 Å². The number of piperidine rings is 1. The van der Waals surface area contributed by atoms with E-state index in [2.05, 4.69) is 20.2 Å². The molecule has 0 radical (unpaired) electrons. The molecule has 1 aromatic rings. The van der Waals surface area contributed by atoms with Crippen LogP contribution in [-0.4, -0.2) is 69.7 Å². The summed E-state index contributed by atoms with van der Waals surface area (Å²) in [5.74, 6) is 0.390. The number of aromatic nitrogens is 2. The zero-order chi connectivity index (χ0) is 20.2. The molecule has 3 aliphatic heterocycles. The van der Waals surface area contributed by atoms with E-state index in [0.717, 1.165) is 6.07 Å². The van der Waals surface area contributed by atoms with Crippen LogP contribution in [0.15, 0.2) is 20.6 Å². The van der Waals surface area contributed by atoms with Gasteiger partial charge in [-0.1, -0.05) is 6.92 Å². The number of aliphatic imine (C=N–C) groups is 1. The lowest BCUT2D eigenvalue weighted by molar-refractivity contribution is -0.00935. The number of hydrogen-bond donors (Lipinski definition) is 5. The predicted molar refractivity (Wildman–Crippen MR) is 96.1 cm³/mol. The highest BCUT2D eigenvalue weighted by Gasteiger charge is 2.50. The molecule has 12 nitrogen and oxygen atoms in total. The van der Waals surface area contributed by atoms with Gasteiger partial charge in [0.2, 0.25) is 0 Å². The molecule has 28 heavy (non-hydrogen) atoms. The third-order valence-corrected chi connectivity index (χ3v) is 6.18. The second-order valence-electron chi connectivity index (χ2n) is 7.42. The lowest BCUT2D eigenvalue weighted by Gasteiger charge is -2.50. The molecule has 5 N–H and O–H groups in total. The minimum Gasteiger partial charge on any atom is -0.385 e. The Morgan fingerprint density at radius 2 is 2.07 bits per heavy atom. The summed E-state index contributed by atoms with van der Waals surface area (Å²) in [6.45, 7) is 2.27. The quantitative estimate of drug-likeness (QED) is 0.351. The maximum Gasteiger partial charge on any atom is 0.397 e. The van der Waals surface area contributed by atoms with Crippen molar-refractivity contribution in [1.29, 1.82) is 0 Å². The van der Waals surface area contributed by atoms with Gasteiger partial charge in [-0.2, -0.15) is 8.42 Å². The van der Waals surface area contributed by atoms with E-state index in [1.165, 1.54) is 0 Å². The van der Waals surface area contributed by atoms with Gasteiger partial charge in [0.15, 0.2) is 5.96 Å². The van der Waals surface area contributed by atoms with Crippen molar-refractivity contribution in [1.82, 2.24) is 20.2 Å². The van der Waals surface area contributed by atoms with Crippen molar-refractivity contribution in [3.63, 3.8) is 0 Å². The standard InChI is InChI=1S/C15H21N5O7S/c1-6-10-5-16-14-17-8(13(22)9-4-12(21)19-15(23)18-9)2-7(20(10)14)3-11(6)27-28(24,25)26/h4,6-8,10-11,13,22H,2-3,5H2,1H3,(H,16,17)(H,24,25,26)(H2,18,19,21,23)/t6-,7+,8-,10-,11+,13-/m1/s1. The number of H-pyrrole nitrogens is 2. The number of aromatic amines is 2. The fourth-order valence-electron chi connectivity index (χ4n) is 4.42. The summed E-state index contributed by atoms with van der Waals surface area (Å²) in [5, 5.41) is 13.8. The van der Waals surface area contributed by atoms with E-state index in [1.54, 1.807) is 0 Å². The van der Waals surface area contributed by atoms with E-state index >= 15 is 0 Å². The van der Waals surface area contributed by atoms with E-state index in [4.69, 9.17) is 8.74 Å². The zero-order valence-electron chi connectivity index (χ0n) is 14.9. The van der Waals surface area contributed by atoms with Crippen LogP contribution < -0.4 is 16.6 Å². The van der Waals surface area contributed by atoms with Crippen LogP contribution in [0, 0.1) is 5.92 Å². The van der Waals surface area contributed by atoms with Crippen LogP contribution in [0.1, 0.15) is 31.6 Å². The Bertz CT molecular complexity index is 990. The Labute approximate surface area is 159 Å². The minimum atomic E-state index is -4.59. The summed E-state index contributed by atoms with van der Waals surface area (Å²) in [6, 6.07) is 0.275. The first-order chi connectivity index (χ1) is 13.1. The molecule has 0 aromatic carbocycles. The van der Waals surface area contributed by atoms with Crippen LogP contribution in [0.2, 0.25) is 0 Å². The first kappa shape index (κ1) is 19.1. The van der Waals surface area contributed by atoms with Gasteiger partial charge in [-0.3, -0.25) is 19.3 Å². The number of aliphatic hydroxyl groups excluding tert-OH is 1. The fraction of sp³-hybridized carbons (Fsp3) is 0.667. The average Bonchev–Trinajstić information content (AvgIpc) is 3.01. The van der Waals surface area contributed by atoms with Crippen molar-refractivity contribution in [2.75, 3.05) is 6.54 Å². The number of hydrogen-bond acceptors (Lipinski definition) is 9. The molecule has 0 aliphatic carbocycles. The summed E-state index contributed by atoms with van der Waals surface area (Å²) in [5.41, 5.74) is -1.27. The highest BCUT2D eigenvalue weighted by Crippen LogP contribution is 2.39. The van der Waals surface area contributed by atoms with Crippen LogP contribution in [-0.2, 0) is 14.6 Å². The Morgan fingerprint density at radius 1 is 1.32 bits per heavy atom. The molecule has 13 heteroatoms. The van der Waals surface area contributed by atoms with Gasteiger partial charge in [-0.15, -0.1) is 0 Å². The Kier molecular flexibility index (Phi) is 4.56. The minimum absolute atomic E-state index is 0.0739. The summed E-state index contributed by atoms with van der Waals surface area (Å²) < 4.78 is 36.4. The molecular formula is C15H21N5O7S. The first-order valence-corrected chi connectivity index (χ1v) is 10.3. The van der Waals surface area contributed by atoms with Crippen LogP contribution >= 0.6 is 0 Å². The number of aliphatic hydroxyl groups is 1. The predicted octanol–water partition coefficient (Wildman–Crippen LogP) is -1.90. The second-order valence-corrected chi connectivity index (χ2v) is 8.47. The zero-order valence-corrected chi connectivity index (χ0v) is 15.7. The van der Waals surface area contributed by atoms with Crippen molar-refractivity contribution in [2.45, 2.75) is 50.1 Å². The highest BCUT2D eigenvalue weighted by molar-refractivity contribution is 7.80. The molecule has 4 heterocycles. The normalized spacial score (nSPS) is 33.0. The molecule has 4 rings (SSSR count). The molecule has 2 fully saturated rings. The van der Waals surface area contributed by atoms with Gasteiger partial charge in [0.05, 0.1) is 30.4 Å². The Balaban J connectivity index is 1.59. The molecule has 3 aliphatic rings. The summed E-state index contributed by atoms with van der Waals surface area (Å²) >= 11 is 0. The van der Waals surface area contributed by atoms with Crippen molar-refractivity contribution in [3.05, 3.63) is 32.6 Å².